The maximum absolute atomic E-state index is 12.8. The number of hydrogen-bond acceptors (Lipinski definition) is 5. The minimum Gasteiger partial charge on any atom is -0.324 e. The van der Waals surface area contributed by atoms with Crippen LogP contribution in [0, 0.1) is 0 Å². The maximum atomic E-state index is 12.8. The van der Waals surface area contributed by atoms with E-state index in [-0.39, 0.29) is 10.6 Å². The predicted molar refractivity (Wildman–Crippen MR) is 121 cm³/mol. The Bertz CT molecular complexity index is 1160. The van der Waals surface area contributed by atoms with Crippen molar-refractivity contribution in [1.29, 1.82) is 0 Å². The zero-order valence-corrected chi connectivity index (χ0v) is 19.5. The second-order valence-corrected chi connectivity index (χ2v) is 11.6. The molecule has 3 rings (SSSR count). The molecule has 2 aromatic carbocycles. The third-order valence-corrected chi connectivity index (χ3v) is 8.37. The van der Waals surface area contributed by atoms with Crippen molar-refractivity contribution < 1.29 is 21.6 Å². The van der Waals surface area contributed by atoms with E-state index < -0.39 is 32.0 Å². The van der Waals surface area contributed by atoms with Gasteiger partial charge in [0, 0.05) is 23.8 Å². The largest absolute Gasteiger partial charge is 0.324 e. The lowest BCUT2D eigenvalue weighted by atomic mass is 10.2. The molecule has 1 fully saturated rings. The molecule has 1 heterocycles. The summed E-state index contributed by atoms with van der Waals surface area (Å²) in [5.41, 5.74) is 0.626. The fourth-order valence-electron chi connectivity index (χ4n) is 3.46. The Labute approximate surface area is 187 Å². The van der Waals surface area contributed by atoms with Crippen molar-refractivity contribution in [3.63, 3.8) is 0 Å². The molecular weight excluding hydrogens is 462 g/mol. The number of hydrogen-bond donors (Lipinski definition) is 1. The smallest absolute Gasteiger partial charge is 0.247 e. The molecule has 168 valence electrons. The summed E-state index contributed by atoms with van der Waals surface area (Å²) >= 11 is 5.98. The molecule has 0 radical (unpaired) electrons. The first-order valence-electron chi connectivity index (χ1n) is 9.66. The first kappa shape index (κ1) is 23.5. The molecule has 31 heavy (non-hydrogen) atoms. The van der Waals surface area contributed by atoms with Crippen molar-refractivity contribution in [2.75, 3.05) is 29.0 Å². The van der Waals surface area contributed by atoms with Crippen LogP contribution in [0.2, 0.25) is 5.02 Å². The third kappa shape index (κ3) is 5.38. The summed E-state index contributed by atoms with van der Waals surface area (Å²) in [6.45, 7) is 2.47. The fourth-order valence-corrected chi connectivity index (χ4v) is 6.32. The van der Waals surface area contributed by atoms with Gasteiger partial charge in [0.1, 0.15) is 6.04 Å². The van der Waals surface area contributed by atoms with E-state index in [1.807, 2.05) is 0 Å². The number of nitrogens with zero attached hydrogens (tertiary/aromatic N) is 2. The Morgan fingerprint density at radius 2 is 1.68 bits per heavy atom. The van der Waals surface area contributed by atoms with Gasteiger partial charge in [-0.05, 0) is 62.2 Å². The highest BCUT2D eigenvalue weighted by Crippen LogP contribution is 2.25. The van der Waals surface area contributed by atoms with E-state index in [4.69, 9.17) is 11.6 Å². The van der Waals surface area contributed by atoms with Crippen molar-refractivity contribution in [2.45, 2.75) is 30.7 Å². The molecule has 11 heteroatoms. The standard InChI is InChI=1S/C20H24ClN3O5S2/c1-15(24(30(2,26)27)18-7-5-6-16(21)14-18)20(25)22-17-8-10-19(11-9-17)31(28,29)23-12-3-4-13-23/h5-11,14-15H,3-4,12-13H2,1-2H3,(H,22,25)/t15-/m0/s1. The number of anilines is 2. The number of rotatable bonds is 7. The van der Waals surface area contributed by atoms with Crippen molar-refractivity contribution in [1.82, 2.24) is 4.31 Å². The SMILES string of the molecule is C[C@@H](C(=O)Nc1ccc(S(=O)(=O)N2CCCC2)cc1)N(c1cccc(Cl)c1)S(C)(=O)=O. The van der Waals surface area contributed by atoms with Gasteiger partial charge in [0.25, 0.3) is 0 Å². The Kier molecular flexibility index (Phi) is 6.95. The van der Waals surface area contributed by atoms with Crippen LogP contribution in [0.5, 0.6) is 0 Å². The molecule has 0 saturated carbocycles. The Morgan fingerprint density at radius 3 is 2.23 bits per heavy atom. The summed E-state index contributed by atoms with van der Waals surface area (Å²) in [7, 11) is -7.33. The van der Waals surface area contributed by atoms with Crippen LogP contribution < -0.4 is 9.62 Å². The topological polar surface area (TPSA) is 104 Å². The first-order valence-corrected chi connectivity index (χ1v) is 13.3. The average molecular weight is 486 g/mol. The molecule has 1 N–H and O–H groups in total. The molecule has 1 saturated heterocycles. The second-order valence-electron chi connectivity index (χ2n) is 7.34. The number of benzene rings is 2. The number of sulfonamides is 2. The highest BCUT2D eigenvalue weighted by molar-refractivity contribution is 7.92. The van der Waals surface area contributed by atoms with Gasteiger partial charge in [-0.3, -0.25) is 9.10 Å². The van der Waals surface area contributed by atoms with Gasteiger partial charge in [-0.15, -0.1) is 0 Å². The lowest BCUT2D eigenvalue weighted by Gasteiger charge is -2.28. The normalized spacial score (nSPS) is 16.1. The van der Waals surface area contributed by atoms with Gasteiger partial charge in [-0.1, -0.05) is 17.7 Å². The van der Waals surface area contributed by atoms with E-state index in [1.54, 1.807) is 18.2 Å². The number of carbonyl (C=O) groups excluding carboxylic acids is 1. The van der Waals surface area contributed by atoms with Crippen molar-refractivity contribution >= 4 is 48.9 Å². The fraction of sp³-hybridized carbons (Fsp3) is 0.350. The van der Waals surface area contributed by atoms with Crippen LogP contribution in [0.3, 0.4) is 0 Å². The monoisotopic (exact) mass is 485 g/mol. The van der Waals surface area contributed by atoms with Crippen molar-refractivity contribution in [2.24, 2.45) is 0 Å². The van der Waals surface area contributed by atoms with Crippen LogP contribution in [0.4, 0.5) is 11.4 Å². The van der Waals surface area contributed by atoms with Crippen LogP contribution >= 0.6 is 11.6 Å². The van der Waals surface area contributed by atoms with Crippen molar-refractivity contribution in [3.05, 3.63) is 53.6 Å². The van der Waals surface area contributed by atoms with Crippen molar-refractivity contribution in [3.8, 4) is 0 Å². The van der Waals surface area contributed by atoms with E-state index in [0.29, 0.717) is 23.8 Å². The van der Waals surface area contributed by atoms with Gasteiger partial charge in [0.2, 0.25) is 26.0 Å². The predicted octanol–water partition coefficient (Wildman–Crippen LogP) is 2.92. The highest BCUT2D eigenvalue weighted by atomic mass is 35.5. The lowest BCUT2D eigenvalue weighted by molar-refractivity contribution is -0.116. The Balaban J connectivity index is 1.78. The highest BCUT2D eigenvalue weighted by Gasteiger charge is 2.30. The van der Waals surface area contributed by atoms with Crippen LogP contribution in [-0.2, 0) is 24.8 Å². The second kappa shape index (κ2) is 9.15. The van der Waals surface area contributed by atoms with Gasteiger partial charge in [0.15, 0.2) is 0 Å². The molecule has 1 aliphatic heterocycles. The third-order valence-electron chi connectivity index (χ3n) is 4.98. The summed E-state index contributed by atoms with van der Waals surface area (Å²) in [4.78, 5) is 12.9. The Hall–Kier alpha value is -2.14. The molecule has 0 bridgehead atoms. The molecule has 1 amide bonds. The minimum atomic E-state index is -3.78. The van der Waals surface area contributed by atoms with E-state index in [1.165, 1.54) is 41.6 Å². The summed E-state index contributed by atoms with van der Waals surface area (Å²) in [6, 6.07) is 11.0. The van der Waals surface area contributed by atoms with Gasteiger partial charge in [0.05, 0.1) is 16.8 Å². The molecule has 1 atom stereocenters. The van der Waals surface area contributed by atoms with Gasteiger partial charge >= 0.3 is 0 Å². The number of amides is 1. The molecule has 2 aromatic rings. The van der Waals surface area contributed by atoms with E-state index >= 15 is 0 Å². The molecule has 0 aromatic heterocycles. The number of nitrogens with one attached hydrogen (secondary N) is 1. The molecule has 0 spiro atoms. The average Bonchev–Trinajstić information content (AvgIpc) is 3.23. The van der Waals surface area contributed by atoms with Crippen LogP contribution in [0.1, 0.15) is 19.8 Å². The molecular formula is C20H24ClN3O5S2. The van der Waals surface area contributed by atoms with Crippen LogP contribution in [0.15, 0.2) is 53.4 Å². The Morgan fingerprint density at radius 1 is 1.06 bits per heavy atom. The van der Waals surface area contributed by atoms with E-state index in [0.717, 1.165) is 23.4 Å². The molecule has 1 aliphatic rings. The summed E-state index contributed by atoms with van der Waals surface area (Å²) < 4.78 is 52.4. The molecule has 8 nitrogen and oxygen atoms in total. The summed E-state index contributed by atoms with van der Waals surface area (Å²) in [5, 5.41) is 2.98. The first-order chi connectivity index (χ1) is 14.5. The minimum absolute atomic E-state index is 0.150. The number of halogens is 1. The zero-order valence-electron chi connectivity index (χ0n) is 17.2. The zero-order chi connectivity index (χ0) is 22.8. The van der Waals surface area contributed by atoms with E-state index in [9.17, 15) is 21.6 Å². The van der Waals surface area contributed by atoms with Crippen LogP contribution in [0.25, 0.3) is 0 Å². The van der Waals surface area contributed by atoms with Gasteiger partial charge in [-0.25, -0.2) is 16.8 Å². The van der Waals surface area contributed by atoms with Gasteiger partial charge in [-0.2, -0.15) is 4.31 Å². The maximum Gasteiger partial charge on any atom is 0.247 e. The van der Waals surface area contributed by atoms with Gasteiger partial charge < -0.3 is 5.32 Å². The molecule has 0 unspecified atom stereocenters. The van der Waals surface area contributed by atoms with E-state index in [2.05, 4.69) is 5.32 Å². The lowest BCUT2D eigenvalue weighted by Crippen LogP contribution is -2.45. The summed E-state index contributed by atoms with van der Waals surface area (Å²) in [6.07, 6.45) is 2.69. The van der Waals surface area contributed by atoms with Crippen LogP contribution in [-0.4, -0.2) is 52.4 Å². The number of carbonyl (C=O) groups is 1. The molecule has 0 aliphatic carbocycles. The summed E-state index contributed by atoms with van der Waals surface area (Å²) in [5.74, 6) is -0.569. The quantitative estimate of drug-likeness (QED) is 0.649.